The predicted molar refractivity (Wildman–Crippen MR) is 124 cm³/mol. The zero-order chi connectivity index (χ0) is 21.8. The van der Waals surface area contributed by atoms with Crippen molar-refractivity contribution in [2.75, 3.05) is 39.0 Å². The van der Waals surface area contributed by atoms with Crippen LogP contribution in [0.4, 0.5) is 0 Å². The Morgan fingerprint density at radius 2 is 1.93 bits per heavy atom. The molecule has 9 heteroatoms. The summed E-state index contributed by atoms with van der Waals surface area (Å²) < 4.78 is 2.36. The summed E-state index contributed by atoms with van der Waals surface area (Å²) in [6.45, 7) is 9.68. The largest absolute Gasteiger partial charge is 0.357 e. The Kier molecular flexibility index (Phi) is 11.0. The van der Waals surface area contributed by atoms with Crippen molar-refractivity contribution in [1.82, 2.24) is 30.3 Å². The number of amides is 1. The van der Waals surface area contributed by atoms with Crippen molar-refractivity contribution in [2.24, 2.45) is 4.99 Å². The van der Waals surface area contributed by atoms with Crippen molar-refractivity contribution in [3.05, 3.63) is 5.82 Å². The Balaban J connectivity index is 1.83. The molecule has 0 aliphatic heterocycles. The first kappa shape index (κ1) is 24.5. The molecule has 1 aromatic heterocycles. The van der Waals surface area contributed by atoms with Gasteiger partial charge in [0.1, 0.15) is 5.82 Å². The number of nitrogens with zero attached hydrogens (tertiary/aromatic N) is 5. The first-order valence-corrected chi connectivity index (χ1v) is 12.6. The Morgan fingerprint density at radius 1 is 1.20 bits per heavy atom. The molecule has 1 aliphatic carbocycles. The van der Waals surface area contributed by atoms with Gasteiger partial charge in [0.2, 0.25) is 5.91 Å². The summed E-state index contributed by atoms with van der Waals surface area (Å²) in [6.07, 6.45) is 9.43. The van der Waals surface area contributed by atoms with Gasteiger partial charge in [0, 0.05) is 51.6 Å². The summed E-state index contributed by atoms with van der Waals surface area (Å²) in [5.74, 6) is 2.04. The molecule has 1 saturated carbocycles. The number of nitrogens with one attached hydrogen (secondary N) is 2. The van der Waals surface area contributed by atoms with Crippen LogP contribution in [0.3, 0.4) is 0 Å². The van der Waals surface area contributed by atoms with Gasteiger partial charge in [-0.25, -0.2) is 0 Å². The minimum Gasteiger partial charge on any atom is -0.357 e. The summed E-state index contributed by atoms with van der Waals surface area (Å²) in [7, 11) is 0. The molecule has 30 heavy (non-hydrogen) atoms. The molecule has 8 nitrogen and oxygen atoms in total. The number of aryl methyl sites for hydroxylation is 1. The molecule has 1 fully saturated rings. The number of carbonyl (C=O) groups excluding carboxylic acids is 1. The molecular formula is C21H39N7OS. The van der Waals surface area contributed by atoms with Crippen LogP contribution in [0.5, 0.6) is 0 Å². The number of rotatable bonds is 12. The number of hydrogen-bond donors (Lipinski definition) is 2. The van der Waals surface area contributed by atoms with E-state index in [1.54, 1.807) is 11.8 Å². The first-order chi connectivity index (χ1) is 14.6. The van der Waals surface area contributed by atoms with E-state index in [0.717, 1.165) is 49.4 Å². The van der Waals surface area contributed by atoms with E-state index in [2.05, 4.69) is 36.6 Å². The number of guanidine groups is 1. The van der Waals surface area contributed by atoms with Crippen molar-refractivity contribution in [3.63, 3.8) is 0 Å². The predicted octanol–water partition coefficient (Wildman–Crippen LogP) is 2.86. The van der Waals surface area contributed by atoms with E-state index in [1.165, 1.54) is 25.7 Å². The van der Waals surface area contributed by atoms with E-state index in [1.807, 2.05) is 25.7 Å². The van der Waals surface area contributed by atoms with Crippen LogP contribution in [-0.4, -0.2) is 70.5 Å². The molecule has 0 radical (unpaired) electrons. The third kappa shape index (κ3) is 7.18. The zero-order valence-electron chi connectivity index (χ0n) is 19.1. The fourth-order valence-electron chi connectivity index (χ4n) is 3.94. The summed E-state index contributed by atoms with van der Waals surface area (Å²) >= 11 is 1.68. The maximum Gasteiger partial charge on any atom is 0.224 e. The van der Waals surface area contributed by atoms with E-state index >= 15 is 0 Å². The lowest BCUT2D eigenvalue weighted by Gasteiger charge is -2.19. The van der Waals surface area contributed by atoms with E-state index in [9.17, 15) is 4.79 Å². The van der Waals surface area contributed by atoms with Gasteiger partial charge in [-0.05, 0) is 46.3 Å². The topological polar surface area (TPSA) is 87.4 Å². The van der Waals surface area contributed by atoms with E-state index in [-0.39, 0.29) is 5.91 Å². The van der Waals surface area contributed by atoms with Crippen LogP contribution in [0.1, 0.15) is 71.2 Å². The first-order valence-electron chi connectivity index (χ1n) is 11.4. The van der Waals surface area contributed by atoms with Crippen molar-refractivity contribution in [1.29, 1.82) is 0 Å². The van der Waals surface area contributed by atoms with Gasteiger partial charge >= 0.3 is 0 Å². The van der Waals surface area contributed by atoms with Gasteiger partial charge in [0.15, 0.2) is 11.1 Å². The second-order valence-electron chi connectivity index (χ2n) is 7.52. The van der Waals surface area contributed by atoms with E-state index in [0.29, 0.717) is 25.6 Å². The van der Waals surface area contributed by atoms with Gasteiger partial charge in [-0.3, -0.25) is 9.79 Å². The highest BCUT2D eigenvalue weighted by Crippen LogP contribution is 2.33. The molecule has 0 aromatic carbocycles. The monoisotopic (exact) mass is 437 g/mol. The standard InChI is InChI=1S/C21H39N7OS/c1-5-22-20(24-16-14-19(29)27(6-2)7-3)23-15-10-13-18-25-26-21(30-4)28(18)17-11-8-9-12-17/h17H,5-16H2,1-4H3,(H2,22,23,24). The lowest BCUT2D eigenvalue weighted by atomic mass is 10.2. The normalized spacial score (nSPS) is 14.9. The fraction of sp³-hybridized carbons (Fsp3) is 0.810. The minimum atomic E-state index is 0.180. The molecule has 1 aliphatic rings. The molecule has 1 heterocycles. The number of hydrogen-bond acceptors (Lipinski definition) is 5. The maximum atomic E-state index is 12.1. The molecule has 0 saturated heterocycles. The molecule has 0 unspecified atom stereocenters. The van der Waals surface area contributed by atoms with Crippen LogP contribution in [0, 0.1) is 0 Å². The molecule has 0 spiro atoms. The molecule has 2 rings (SSSR count). The van der Waals surface area contributed by atoms with Gasteiger partial charge in [-0.2, -0.15) is 0 Å². The molecular weight excluding hydrogens is 398 g/mol. The number of aromatic nitrogens is 3. The Bertz CT molecular complexity index is 666. The van der Waals surface area contributed by atoms with Gasteiger partial charge in [-0.15, -0.1) is 10.2 Å². The van der Waals surface area contributed by atoms with Crippen LogP contribution < -0.4 is 10.6 Å². The van der Waals surface area contributed by atoms with Crippen molar-refractivity contribution >= 4 is 23.6 Å². The summed E-state index contributed by atoms with van der Waals surface area (Å²) in [5.41, 5.74) is 0. The highest BCUT2D eigenvalue weighted by atomic mass is 32.2. The lowest BCUT2D eigenvalue weighted by Crippen LogP contribution is -2.40. The second-order valence-corrected chi connectivity index (χ2v) is 8.29. The van der Waals surface area contributed by atoms with Crippen LogP contribution >= 0.6 is 11.8 Å². The second kappa shape index (κ2) is 13.5. The van der Waals surface area contributed by atoms with Gasteiger partial charge in [0.25, 0.3) is 0 Å². The number of thioether (sulfide) groups is 1. The van der Waals surface area contributed by atoms with E-state index < -0.39 is 0 Å². The third-order valence-corrected chi connectivity index (χ3v) is 6.17. The lowest BCUT2D eigenvalue weighted by molar-refractivity contribution is -0.130. The van der Waals surface area contributed by atoms with Gasteiger partial charge in [-0.1, -0.05) is 24.6 Å². The molecule has 1 amide bonds. The van der Waals surface area contributed by atoms with Crippen molar-refractivity contribution in [2.45, 2.75) is 76.9 Å². The summed E-state index contributed by atoms with van der Waals surface area (Å²) in [6, 6.07) is 0.559. The summed E-state index contributed by atoms with van der Waals surface area (Å²) in [5, 5.41) is 16.4. The van der Waals surface area contributed by atoms with Gasteiger partial charge in [0.05, 0.1) is 0 Å². The highest BCUT2D eigenvalue weighted by Gasteiger charge is 2.23. The Hall–Kier alpha value is -1.77. The van der Waals surface area contributed by atoms with Gasteiger partial charge < -0.3 is 20.1 Å². The Labute approximate surface area is 185 Å². The number of aliphatic imine (C=N–C) groups is 1. The van der Waals surface area contributed by atoms with Crippen molar-refractivity contribution in [3.8, 4) is 0 Å². The SMILES string of the molecule is CCNC(=NCCCc1nnc(SC)n1C1CCCC1)NCCC(=O)N(CC)CC. The summed E-state index contributed by atoms with van der Waals surface area (Å²) in [4.78, 5) is 18.7. The minimum absolute atomic E-state index is 0.180. The highest BCUT2D eigenvalue weighted by molar-refractivity contribution is 7.98. The fourth-order valence-corrected chi connectivity index (χ4v) is 4.51. The maximum absolute atomic E-state index is 12.1. The van der Waals surface area contributed by atoms with Crippen LogP contribution in [-0.2, 0) is 11.2 Å². The Morgan fingerprint density at radius 3 is 2.57 bits per heavy atom. The molecule has 0 atom stereocenters. The average molecular weight is 438 g/mol. The average Bonchev–Trinajstić information content (AvgIpc) is 3.41. The smallest absolute Gasteiger partial charge is 0.224 e. The quantitative estimate of drug-likeness (QED) is 0.226. The van der Waals surface area contributed by atoms with Crippen LogP contribution in [0.2, 0.25) is 0 Å². The van der Waals surface area contributed by atoms with Crippen LogP contribution in [0.15, 0.2) is 10.1 Å². The third-order valence-electron chi connectivity index (χ3n) is 5.53. The van der Waals surface area contributed by atoms with Crippen molar-refractivity contribution < 1.29 is 4.79 Å². The molecule has 2 N–H and O–H groups in total. The van der Waals surface area contributed by atoms with E-state index in [4.69, 9.17) is 0 Å². The number of carbonyl (C=O) groups is 1. The zero-order valence-corrected chi connectivity index (χ0v) is 19.9. The molecule has 0 bridgehead atoms. The van der Waals surface area contributed by atoms with Crippen LogP contribution in [0.25, 0.3) is 0 Å². The molecule has 1 aromatic rings. The molecule has 170 valence electrons.